The molecule has 0 spiro atoms. The summed E-state index contributed by atoms with van der Waals surface area (Å²) in [7, 11) is 0. The van der Waals surface area contributed by atoms with Gasteiger partial charge in [-0.25, -0.2) is 0 Å². The molecule has 1 aromatic rings. The third-order valence-electron chi connectivity index (χ3n) is 2.99. The van der Waals surface area contributed by atoms with Gasteiger partial charge in [0.2, 0.25) is 0 Å². The molecule has 1 heterocycles. The molecule has 9 nitrogen and oxygen atoms in total. The van der Waals surface area contributed by atoms with Crippen LogP contribution in [0.15, 0.2) is 4.52 Å². The zero-order valence-electron chi connectivity index (χ0n) is 14.5. The highest BCUT2D eigenvalue weighted by Gasteiger charge is 2.50. The molecule has 2 fully saturated rings. The molecule has 0 amide bonds. The van der Waals surface area contributed by atoms with E-state index in [4.69, 9.17) is 24.3 Å². The van der Waals surface area contributed by atoms with Crippen LogP contribution in [0.4, 0.5) is 26.3 Å². The fourth-order valence-electron chi connectivity index (χ4n) is 0.995. The smallest absolute Gasteiger partial charge is 0.430 e. The van der Waals surface area contributed by atoms with Gasteiger partial charge in [0.15, 0.2) is 11.4 Å². The number of rotatable bonds is 1. The zero-order chi connectivity index (χ0) is 22.3. The lowest BCUT2D eigenvalue weighted by atomic mass is 10.3. The van der Waals surface area contributed by atoms with Crippen molar-refractivity contribution in [2.45, 2.75) is 56.5 Å². The standard InChI is InChI=1S/C6H9N3O.C3H7N.2C2HF3O2/c1-4-8-5(10-9-4)6(7)2-3-6;4-3-1-2-3;2*3-2(4,5)1(6)7/h2-3,7H2,1H3;3H,1-2,4H2;2*(H,6,7). The summed E-state index contributed by atoms with van der Waals surface area (Å²) in [6.07, 6.45) is -5.48. The lowest BCUT2D eigenvalue weighted by Crippen LogP contribution is -2.61. The first kappa shape index (κ1) is 25.6. The van der Waals surface area contributed by atoms with E-state index < -0.39 is 24.3 Å². The molecule has 0 aliphatic heterocycles. The van der Waals surface area contributed by atoms with Gasteiger partial charge in [-0.1, -0.05) is 5.16 Å². The minimum absolute atomic E-state index is 0.0265. The summed E-state index contributed by atoms with van der Waals surface area (Å²) < 4.78 is 68.1. The minimum atomic E-state index is -5.19. The molecule has 0 bridgehead atoms. The van der Waals surface area contributed by atoms with Gasteiger partial charge < -0.3 is 35.8 Å². The average Bonchev–Trinajstić information content (AvgIpc) is 3.42. The van der Waals surface area contributed by atoms with E-state index in [0.717, 1.165) is 18.9 Å². The number of hydrogen-bond acceptors (Lipinski definition) is 7. The van der Waals surface area contributed by atoms with E-state index >= 15 is 0 Å². The van der Waals surface area contributed by atoms with Crippen molar-refractivity contribution in [3.63, 3.8) is 0 Å². The van der Waals surface area contributed by atoms with Gasteiger partial charge in [-0.15, -0.1) is 0 Å². The van der Waals surface area contributed by atoms with E-state index in [1.165, 1.54) is 12.8 Å². The quantitative estimate of drug-likeness (QED) is 0.472. The van der Waals surface area contributed by atoms with E-state index in [-0.39, 0.29) is 5.54 Å². The fourth-order valence-corrected chi connectivity index (χ4v) is 0.995. The lowest BCUT2D eigenvalue weighted by Gasteiger charge is -2.03. The number of carboxylic acids is 2. The molecule has 162 valence electrons. The van der Waals surface area contributed by atoms with Gasteiger partial charge in [-0.2, -0.15) is 31.3 Å². The van der Waals surface area contributed by atoms with Gasteiger partial charge in [0.1, 0.15) is 11.9 Å². The monoisotopic (exact) mass is 424 g/mol. The molecule has 2 aliphatic rings. The summed E-state index contributed by atoms with van der Waals surface area (Å²) >= 11 is 0. The molecule has 2 aliphatic carbocycles. The SMILES string of the molecule is Cc1noc(C2([NH3+])CC2)n1.O=C([O-])C(F)(F)F.O=C([O-])C(F)(F)F.[NH3+]C1CC1. The van der Waals surface area contributed by atoms with Crippen molar-refractivity contribution >= 4 is 11.9 Å². The summed E-state index contributed by atoms with van der Waals surface area (Å²) in [6.45, 7) is 1.82. The van der Waals surface area contributed by atoms with Crippen LogP contribution in [-0.2, 0) is 15.1 Å². The summed E-state index contributed by atoms with van der Waals surface area (Å²) in [6, 6.07) is 0.833. The second-order valence-electron chi connectivity index (χ2n) is 5.94. The van der Waals surface area contributed by atoms with Crippen molar-refractivity contribution in [2.24, 2.45) is 0 Å². The van der Waals surface area contributed by atoms with Crippen LogP contribution in [0.2, 0.25) is 0 Å². The highest BCUT2D eigenvalue weighted by Crippen LogP contribution is 2.39. The number of carboxylic acid groups (broad SMARTS) is 2. The van der Waals surface area contributed by atoms with Gasteiger partial charge in [-0.05, 0) is 6.92 Å². The Labute approximate surface area is 153 Å². The zero-order valence-corrected chi connectivity index (χ0v) is 14.5. The second kappa shape index (κ2) is 9.68. The third kappa shape index (κ3) is 11.3. The predicted octanol–water partition coefficient (Wildman–Crippen LogP) is -2.40. The molecule has 0 saturated heterocycles. The van der Waals surface area contributed by atoms with E-state index in [1.807, 2.05) is 6.92 Å². The van der Waals surface area contributed by atoms with Crippen LogP contribution in [0.5, 0.6) is 0 Å². The van der Waals surface area contributed by atoms with Crippen molar-refractivity contribution in [1.82, 2.24) is 10.1 Å². The Kier molecular flexibility index (Phi) is 8.84. The topological polar surface area (TPSA) is 174 Å². The Morgan fingerprint density at radius 1 is 1.07 bits per heavy atom. The molecule has 0 unspecified atom stereocenters. The number of hydrogen-bond donors (Lipinski definition) is 2. The summed E-state index contributed by atoms with van der Waals surface area (Å²) in [5, 5.41) is 21.3. The summed E-state index contributed by atoms with van der Waals surface area (Å²) in [4.78, 5) is 21.7. The van der Waals surface area contributed by atoms with Crippen LogP contribution >= 0.6 is 0 Å². The van der Waals surface area contributed by atoms with Crippen LogP contribution in [0.3, 0.4) is 0 Å². The molecule has 0 radical (unpaired) electrons. The molecule has 2 saturated carbocycles. The van der Waals surface area contributed by atoms with Crippen molar-refractivity contribution in [2.75, 3.05) is 0 Å². The highest BCUT2D eigenvalue weighted by atomic mass is 19.4. The van der Waals surface area contributed by atoms with Crippen molar-refractivity contribution in [3.8, 4) is 0 Å². The second-order valence-corrected chi connectivity index (χ2v) is 5.94. The van der Waals surface area contributed by atoms with Crippen molar-refractivity contribution in [1.29, 1.82) is 0 Å². The van der Waals surface area contributed by atoms with Gasteiger partial charge in [-0.3, -0.25) is 0 Å². The highest BCUT2D eigenvalue weighted by molar-refractivity contribution is 5.71. The molecule has 6 N–H and O–H groups in total. The predicted molar refractivity (Wildman–Crippen MR) is 70.9 cm³/mol. The molecule has 28 heavy (non-hydrogen) atoms. The van der Waals surface area contributed by atoms with E-state index in [2.05, 4.69) is 21.6 Å². The number of quaternary nitrogens is 2. The van der Waals surface area contributed by atoms with Crippen molar-refractivity contribution < 1.29 is 62.1 Å². The Morgan fingerprint density at radius 3 is 1.54 bits per heavy atom. The number of halogens is 6. The van der Waals surface area contributed by atoms with E-state index in [0.29, 0.717) is 11.7 Å². The van der Waals surface area contributed by atoms with Gasteiger partial charge >= 0.3 is 12.4 Å². The number of alkyl halides is 6. The number of carbonyl (C=O) groups excluding carboxylic acids is 2. The Hall–Kier alpha value is -2.42. The largest absolute Gasteiger partial charge is 0.542 e. The molecular formula is C13H18F6N4O5. The molecule has 1 aromatic heterocycles. The number of aliphatic carboxylic acids is 2. The maximum atomic E-state index is 10.5. The number of carbonyl (C=O) groups is 2. The van der Waals surface area contributed by atoms with Gasteiger partial charge in [0, 0.05) is 25.7 Å². The number of aromatic nitrogens is 2. The van der Waals surface area contributed by atoms with Crippen LogP contribution in [0.1, 0.15) is 37.4 Å². The Morgan fingerprint density at radius 2 is 1.39 bits per heavy atom. The van der Waals surface area contributed by atoms with Crippen LogP contribution in [-0.4, -0.2) is 40.5 Å². The molecule has 15 heteroatoms. The average molecular weight is 424 g/mol. The third-order valence-corrected chi connectivity index (χ3v) is 2.99. The lowest BCUT2D eigenvalue weighted by molar-refractivity contribution is -0.452. The van der Waals surface area contributed by atoms with Crippen LogP contribution < -0.4 is 21.7 Å². The van der Waals surface area contributed by atoms with Crippen LogP contribution in [0, 0.1) is 6.92 Å². The normalized spacial score (nSPS) is 16.9. The molecule has 0 aromatic carbocycles. The van der Waals surface area contributed by atoms with Gasteiger partial charge in [0.25, 0.3) is 5.89 Å². The first-order chi connectivity index (χ1) is 12.5. The molecular weight excluding hydrogens is 406 g/mol. The molecule has 3 rings (SSSR count). The Balaban J connectivity index is 0.000000364. The number of nitrogens with zero attached hydrogens (tertiary/aromatic N) is 2. The maximum absolute atomic E-state index is 10.5. The fraction of sp³-hybridized carbons (Fsp3) is 0.692. The van der Waals surface area contributed by atoms with Gasteiger partial charge in [0.05, 0.1) is 6.04 Å². The first-order valence-electron chi connectivity index (χ1n) is 7.54. The summed E-state index contributed by atoms with van der Waals surface area (Å²) in [5.41, 5.74) is 7.69. The molecule has 0 atom stereocenters. The first-order valence-corrected chi connectivity index (χ1v) is 7.54. The van der Waals surface area contributed by atoms with E-state index in [1.54, 1.807) is 0 Å². The van der Waals surface area contributed by atoms with E-state index in [9.17, 15) is 26.3 Å². The maximum Gasteiger partial charge on any atom is 0.430 e. The van der Waals surface area contributed by atoms with Crippen LogP contribution in [0.25, 0.3) is 0 Å². The van der Waals surface area contributed by atoms with Crippen molar-refractivity contribution in [3.05, 3.63) is 11.7 Å². The summed E-state index contributed by atoms with van der Waals surface area (Å²) in [5.74, 6) is -4.62. The Bertz CT molecular complexity index is 629. The number of aryl methyl sites for hydroxylation is 1. The minimum Gasteiger partial charge on any atom is -0.542 e.